The fourth-order valence-corrected chi connectivity index (χ4v) is 4.61. The Morgan fingerprint density at radius 1 is 0.762 bits per heavy atom. The van der Waals surface area contributed by atoms with E-state index in [1.807, 2.05) is 67.6 Å². The highest BCUT2D eigenvalue weighted by molar-refractivity contribution is 6.12. The number of carboxylic acids is 1. The average Bonchev–Trinajstić information content (AvgIpc) is 3.02. The molecule has 1 amide bonds. The van der Waals surface area contributed by atoms with E-state index < -0.39 is 12.0 Å². The van der Waals surface area contributed by atoms with Crippen LogP contribution in [0, 0.1) is 5.92 Å². The Kier molecular flexibility index (Phi) is 10.9. The molecule has 7 nitrogen and oxygen atoms in total. The lowest BCUT2D eigenvalue weighted by Gasteiger charge is -2.18. The van der Waals surface area contributed by atoms with E-state index in [1.54, 1.807) is 48.5 Å². The number of amides is 1. The maximum absolute atomic E-state index is 13.1. The highest BCUT2D eigenvalue weighted by Gasteiger charge is 2.21. The van der Waals surface area contributed by atoms with Crippen molar-refractivity contribution in [1.82, 2.24) is 5.32 Å². The zero-order chi connectivity index (χ0) is 29.7. The maximum Gasteiger partial charge on any atom is 0.326 e. The summed E-state index contributed by atoms with van der Waals surface area (Å²) in [5.74, 6) is -0.608. The standard InChI is InChI=1S/C35H36N2O5/c1-25(23-26-11-4-2-5-12-26)34(39)36-21-10-22-42-29-19-17-27(18-20-29)24-32(35(40)41)37-31-16-9-8-15-30(31)33(38)28-13-6-3-7-14-28/h2-9,11-20,25,32,37H,10,21-24H2,1H3,(H,36,39)(H,40,41). The predicted octanol–water partition coefficient (Wildman–Crippen LogP) is 5.79. The Labute approximate surface area is 246 Å². The molecule has 3 N–H and O–H groups in total. The zero-order valence-corrected chi connectivity index (χ0v) is 23.7. The average molecular weight is 565 g/mol. The topological polar surface area (TPSA) is 105 Å². The monoisotopic (exact) mass is 564 g/mol. The van der Waals surface area contributed by atoms with E-state index in [2.05, 4.69) is 10.6 Å². The van der Waals surface area contributed by atoms with Crippen molar-refractivity contribution in [2.45, 2.75) is 32.2 Å². The molecule has 4 aromatic carbocycles. The van der Waals surface area contributed by atoms with Crippen LogP contribution >= 0.6 is 0 Å². The van der Waals surface area contributed by atoms with Gasteiger partial charge in [-0.2, -0.15) is 0 Å². The Morgan fingerprint density at radius 2 is 1.38 bits per heavy atom. The summed E-state index contributed by atoms with van der Waals surface area (Å²) >= 11 is 0. The molecule has 42 heavy (non-hydrogen) atoms. The second-order valence-electron chi connectivity index (χ2n) is 10.2. The summed E-state index contributed by atoms with van der Waals surface area (Å²) in [5.41, 5.74) is 3.38. The molecule has 0 aliphatic carbocycles. The lowest BCUT2D eigenvalue weighted by molar-refractivity contribution is -0.137. The number of ether oxygens (including phenoxy) is 1. The molecule has 0 radical (unpaired) electrons. The highest BCUT2D eigenvalue weighted by atomic mass is 16.5. The Bertz CT molecular complexity index is 1460. The molecule has 216 valence electrons. The van der Waals surface area contributed by atoms with Crippen molar-refractivity contribution in [3.63, 3.8) is 0 Å². The molecular weight excluding hydrogens is 528 g/mol. The fraction of sp³-hybridized carbons (Fsp3) is 0.229. The highest BCUT2D eigenvalue weighted by Crippen LogP contribution is 2.22. The van der Waals surface area contributed by atoms with Gasteiger partial charge < -0.3 is 20.5 Å². The van der Waals surface area contributed by atoms with E-state index in [0.717, 1.165) is 11.1 Å². The summed E-state index contributed by atoms with van der Waals surface area (Å²) < 4.78 is 5.81. The number of rotatable bonds is 15. The number of ketones is 1. The van der Waals surface area contributed by atoms with Gasteiger partial charge in [0.1, 0.15) is 11.8 Å². The van der Waals surface area contributed by atoms with Crippen molar-refractivity contribution in [2.75, 3.05) is 18.5 Å². The van der Waals surface area contributed by atoms with Crippen molar-refractivity contribution < 1.29 is 24.2 Å². The summed E-state index contributed by atoms with van der Waals surface area (Å²) in [4.78, 5) is 37.5. The SMILES string of the molecule is CC(Cc1ccccc1)C(=O)NCCCOc1ccc(CC(Nc2ccccc2C(=O)c2ccccc2)C(=O)O)cc1. The molecule has 2 atom stereocenters. The first-order chi connectivity index (χ1) is 20.4. The van der Waals surface area contributed by atoms with Gasteiger partial charge in [-0.15, -0.1) is 0 Å². The molecule has 0 saturated heterocycles. The minimum absolute atomic E-state index is 0.0249. The summed E-state index contributed by atoms with van der Waals surface area (Å²) in [6.07, 6.45) is 1.58. The molecule has 2 unspecified atom stereocenters. The van der Waals surface area contributed by atoms with E-state index in [4.69, 9.17) is 4.74 Å². The summed E-state index contributed by atoms with van der Waals surface area (Å²) in [7, 11) is 0. The number of para-hydroxylation sites is 1. The van der Waals surface area contributed by atoms with E-state index in [9.17, 15) is 19.5 Å². The van der Waals surface area contributed by atoms with Crippen LogP contribution in [0.15, 0.2) is 109 Å². The maximum atomic E-state index is 13.1. The third kappa shape index (κ3) is 8.80. The molecule has 0 aromatic heterocycles. The van der Waals surface area contributed by atoms with Gasteiger partial charge in [0, 0.05) is 35.7 Å². The van der Waals surface area contributed by atoms with Gasteiger partial charge in [-0.05, 0) is 48.2 Å². The number of benzene rings is 4. The van der Waals surface area contributed by atoms with Gasteiger partial charge >= 0.3 is 5.97 Å². The smallest absolute Gasteiger partial charge is 0.326 e. The minimum Gasteiger partial charge on any atom is -0.494 e. The number of hydrogen-bond acceptors (Lipinski definition) is 5. The van der Waals surface area contributed by atoms with Gasteiger partial charge in [-0.3, -0.25) is 9.59 Å². The molecule has 4 rings (SSSR count). The number of aliphatic carboxylic acids is 1. The molecule has 7 heteroatoms. The first-order valence-electron chi connectivity index (χ1n) is 14.1. The summed E-state index contributed by atoms with van der Waals surface area (Å²) in [5, 5.41) is 15.9. The Hall–Kier alpha value is -4.91. The van der Waals surface area contributed by atoms with Crippen LogP contribution in [0.4, 0.5) is 5.69 Å². The van der Waals surface area contributed by atoms with Gasteiger partial charge in [0.15, 0.2) is 5.78 Å². The number of carbonyl (C=O) groups is 3. The van der Waals surface area contributed by atoms with E-state index >= 15 is 0 Å². The lowest BCUT2D eigenvalue weighted by Crippen LogP contribution is -2.32. The van der Waals surface area contributed by atoms with Crippen LogP contribution in [-0.4, -0.2) is 42.0 Å². The van der Waals surface area contributed by atoms with Gasteiger partial charge in [0.05, 0.1) is 6.61 Å². The second-order valence-corrected chi connectivity index (χ2v) is 10.2. The molecule has 0 fully saturated rings. The van der Waals surface area contributed by atoms with Crippen LogP contribution in [-0.2, 0) is 22.4 Å². The molecule has 4 aromatic rings. The van der Waals surface area contributed by atoms with Crippen LogP contribution in [0.3, 0.4) is 0 Å². The molecule has 0 aliphatic rings. The molecule has 0 bridgehead atoms. The lowest BCUT2D eigenvalue weighted by atomic mass is 10.00. The van der Waals surface area contributed by atoms with Crippen molar-refractivity contribution in [1.29, 1.82) is 0 Å². The fourth-order valence-electron chi connectivity index (χ4n) is 4.61. The van der Waals surface area contributed by atoms with Gasteiger partial charge in [-0.1, -0.05) is 91.9 Å². The molecule has 0 heterocycles. The number of carbonyl (C=O) groups excluding carboxylic acids is 2. The quantitative estimate of drug-likeness (QED) is 0.125. The number of anilines is 1. The Morgan fingerprint density at radius 3 is 2.07 bits per heavy atom. The van der Waals surface area contributed by atoms with E-state index in [0.29, 0.717) is 48.6 Å². The molecule has 0 spiro atoms. The Balaban J connectivity index is 1.25. The minimum atomic E-state index is -1.02. The van der Waals surface area contributed by atoms with Crippen LogP contribution in [0.2, 0.25) is 0 Å². The third-order valence-corrected chi connectivity index (χ3v) is 6.92. The normalized spacial score (nSPS) is 12.1. The predicted molar refractivity (Wildman–Crippen MR) is 164 cm³/mol. The van der Waals surface area contributed by atoms with Crippen LogP contribution in [0.1, 0.15) is 40.4 Å². The van der Waals surface area contributed by atoms with Crippen LogP contribution < -0.4 is 15.4 Å². The molecule has 0 aliphatic heterocycles. The van der Waals surface area contributed by atoms with Crippen molar-refractivity contribution in [3.05, 3.63) is 131 Å². The van der Waals surface area contributed by atoms with Crippen LogP contribution in [0.25, 0.3) is 0 Å². The first-order valence-corrected chi connectivity index (χ1v) is 14.1. The first kappa shape index (κ1) is 30.1. The molecular formula is C35H36N2O5. The number of carboxylic acid groups (broad SMARTS) is 1. The number of nitrogens with one attached hydrogen (secondary N) is 2. The second kappa shape index (κ2) is 15.2. The van der Waals surface area contributed by atoms with Gasteiger partial charge in [0.25, 0.3) is 0 Å². The largest absolute Gasteiger partial charge is 0.494 e. The van der Waals surface area contributed by atoms with E-state index in [-0.39, 0.29) is 24.0 Å². The van der Waals surface area contributed by atoms with Crippen LogP contribution in [0.5, 0.6) is 5.75 Å². The van der Waals surface area contributed by atoms with Crippen molar-refractivity contribution in [2.24, 2.45) is 5.92 Å². The van der Waals surface area contributed by atoms with Gasteiger partial charge in [0.2, 0.25) is 5.91 Å². The van der Waals surface area contributed by atoms with Crippen molar-refractivity contribution in [3.8, 4) is 5.75 Å². The van der Waals surface area contributed by atoms with Crippen molar-refractivity contribution >= 4 is 23.3 Å². The number of hydrogen-bond donors (Lipinski definition) is 3. The third-order valence-electron chi connectivity index (χ3n) is 6.92. The zero-order valence-electron chi connectivity index (χ0n) is 23.7. The summed E-state index contributed by atoms with van der Waals surface area (Å²) in [6, 6.07) is 32.2. The van der Waals surface area contributed by atoms with E-state index in [1.165, 1.54) is 0 Å². The molecule has 0 saturated carbocycles. The van der Waals surface area contributed by atoms with Gasteiger partial charge in [-0.25, -0.2) is 4.79 Å². The summed E-state index contributed by atoms with van der Waals surface area (Å²) in [6.45, 7) is 2.89.